The second kappa shape index (κ2) is 9.59. The van der Waals surface area contributed by atoms with E-state index in [-0.39, 0.29) is 12.5 Å². The zero-order valence-corrected chi connectivity index (χ0v) is 15.8. The molecule has 9 heteroatoms. The summed E-state index contributed by atoms with van der Waals surface area (Å²) in [7, 11) is 1.28. The zero-order chi connectivity index (χ0) is 20.6. The predicted octanol–water partition coefficient (Wildman–Crippen LogP) is 3.45. The molecule has 0 unspecified atom stereocenters. The van der Waals surface area contributed by atoms with Gasteiger partial charge in [-0.3, -0.25) is 0 Å². The van der Waals surface area contributed by atoms with Gasteiger partial charge in [-0.15, -0.1) is 0 Å². The van der Waals surface area contributed by atoms with Crippen molar-refractivity contribution in [3.05, 3.63) is 70.1 Å². The van der Waals surface area contributed by atoms with Gasteiger partial charge >= 0.3 is 5.97 Å². The molecule has 9 nitrogen and oxygen atoms in total. The maximum absolute atomic E-state index is 12.3. The van der Waals surface area contributed by atoms with Crippen molar-refractivity contribution < 1.29 is 24.1 Å². The number of carbonyl (C=O) groups is 1. The molecule has 0 saturated carbocycles. The van der Waals surface area contributed by atoms with Crippen LogP contribution in [0.25, 0.3) is 10.4 Å². The van der Waals surface area contributed by atoms with Crippen molar-refractivity contribution in [2.45, 2.75) is 18.6 Å². The predicted molar refractivity (Wildman–Crippen MR) is 105 cm³/mol. The molecule has 1 heterocycles. The molecule has 3 rings (SSSR count). The van der Waals surface area contributed by atoms with Crippen LogP contribution < -0.4 is 4.74 Å². The highest BCUT2D eigenvalue weighted by atomic mass is 16.5. The molecule has 0 radical (unpaired) electrons. The van der Waals surface area contributed by atoms with E-state index in [9.17, 15) is 4.79 Å². The first kappa shape index (κ1) is 20.2. The quantitative estimate of drug-likeness (QED) is 0.240. The lowest BCUT2D eigenvalue weighted by Crippen LogP contribution is -2.25. The highest BCUT2D eigenvalue weighted by Gasteiger charge is 2.39. The molecule has 0 bridgehead atoms. The molecule has 1 aliphatic rings. The number of aliphatic hydroxyl groups is 1. The molecule has 1 N–H and O–H groups in total. The van der Waals surface area contributed by atoms with E-state index in [0.717, 1.165) is 0 Å². The number of carbonyl (C=O) groups excluding carboxylic acids is 1. The third-order valence-electron chi connectivity index (χ3n) is 4.29. The molecule has 29 heavy (non-hydrogen) atoms. The normalized spacial score (nSPS) is 17.7. The van der Waals surface area contributed by atoms with E-state index < -0.39 is 18.1 Å². The first-order valence-corrected chi connectivity index (χ1v) is 8.98. The Morgan fingerprint density at radius 1 is 1.28 bits per heavy atom. The van der Waals surface area contributed by atoms with Crippen LogP contribution in [0.5, 0.6) is 5.75 Å². The lowest BCUT2D eigenvalue weighted by atomic mass is 10.0. The minimum atomic E-state index is -0.925. The van der Waals surface area contributed by atoms with Crippen LogP contribution in [0.2, 0.25) is 0 Å². The Balaban J connectivity index is 1.86. The van der Waals surface area contributed by atoms with Crippen LogP contribution in [0.15, 0.2) is 58.6 Å². The third-order valence-corrected chi connectivity index (χ3v) is 4.29. The van der Waals surface area contributed by atoms with Gasteiger partial charge in [0, 0.05) is 34.8 Å². The van der Waals surface area contributed by atoms with E-state index in [4.69, 9.17) is 24.8 Å². The summed E-state index contributed by atoms with van der Waals surface area (Å²) in [6.45, 7) is 0.479. The standard InChI is InChI=1S/C20H20N4O5/c1-27-20(26)17-18(15-5-2-3-6-16(15)23-24-21)29-19(22-17)13-7-9-14(10-8-13)28-12-4-11-25/h2-3,5-10,17-18,25H,4,11-12H2,1H3/t17-,18-/m1/s1. The van der Waals surface area contributed by atoms with Gasteiger partial charge in [0.25, 0.3) is 0 Å². The Morgan fingerprint density at radius 2 is 2.03 bits per heavy atom. The number of methoxy groups -OCH3 is 1. The van der Waals surface area contributed by atoms with E-state index in [2.05, 4.69) is 15.0 Å². The topological polar surface area (TPSA) is 126 Å². The lowest BCUT2D eigenvalue weighted by molar-refractivity contribution is -0.143. The molecule has 2 aromatic rings. The van der Waals surface area contributed by atoms with Crippen molar-refractivity contribution in [3.8, 4) is 5.75 Å². The Labute approximate surface area is 167 Å². The molecule has 150 valence electrons. The van der Waals surface area contributed by atoms with Crippen molar-refractivity contribution in [2.75, 3.05) is 20.3 Å². The number of ether oxygens (including phenoxy) is 3. The summed E-state index contributed by atoms with van der Waals surface area (Å²) in [5, 5.41) is 12.5. The van der Waals surface area contributed by atoms with Gasteiger partial charge in [0.2, 0.25) is 5.90 Å². The van der Waals surface area contributed by atoms with Gasteiger partial charge in [0.05, 0.1) is 13.7 Å². The van der Waals surface area contributed by atoms with E-state index in [1.165, 1.54) is 7.11 Å². The van der Waals surface area contributed by atoms with Gasteiger partial charge in [0.1, 0.15) is 5.75 Å². The fourth-order valence-corrected chi connectivity index (χ4v) is 2.90. The van der Waals surface area contributed by atoms with Crippen molar-refractivity contribution in [3.63, 3.8) is 0 Å². The van der Waals surface area contributed by atoms with Crippen LogP contribution in [0, 0.1) is 0 Å². The fourth-order valence-electron chi connectivity index (χ4n) is 2.90. The summed E-state index contributed by atoms with van der Waals surface area (Å²) in [6.07, 6.45) is -0.232. The third kappa shape index (κ3) is 4.66. The number of hydrogen-bond acceptors (Lipinski definition) is 7. The largest absolute Gasteiger partial charge is 0.494 e. The summed E-state index contributed by atoms with van der Waals surface area (Å²) in [5.41, 5.74) is 10.4. The van der Waals surface area contributed by atoms with E-state index in [0.29, 0.717) is 35.6 Å². The van der Waals surface area contributed by atoms with Crippen LogP contribution in [-0.2, 0) is 14.3 Å². The number of aliphatic hydroxyl groups excluding tert-OH is 1. The number of rotatable bonds is 8. The van der Waals surface area contributed by atoms with E-state index in [1.807, 2.05) is 0 Å². The SMILES string of the molecule is COC(=O)[C@@H]1N=C(c2ccc(OCCCO)cc2)O[C@@H]1c1ccccc1N=[N+]=[N-]. The number of aliphatic imine (C=N–C) groups is 1. The number of hydrogen-bond donors (Lipinski definition) is 1. The molecule has 0 saturated heterocycles. The average Bonchev–Trinajstić information content (AvgIpc) is 3.20. The van der Waals surface area contributed by atoms with Crippen molar-refractivity contribution in [2.24, 2.45) is 10.1 Å². The number of esters is 1. The highest BCUT2D eigenvalue weighted by Crippen LogP contribution is 2.37. The molecule has 0 aliphatic carbocycles. The summed E-state index contributed by atoms with van der Waals surface area (Å²) in [5.74, 6) is 0.378. The summed E-state index contributed by atoms with van der Waals surface area (Å²) in [6, 6.07) is 13.0. The van der Waals surface area contributed by atoms with Crippen LogP contribution in [-0.4, -0.2) is 43.3 Å². The van der Waals surface area contributed by atoms with Gasteiger partial charge in [-0.05, 0) is 29.8 Å². The summed E-state index contributed by atoms with van der Waals surface area (Å²) >= 11 is 0. The Hall–Kier alpha value is -3.55. The van der Waals surface area contributed by atoms with Crippen LogP contribution in [0.4, 0.5) is 5.69 Å². The van der Waals surface area contributed by atoms with Gasteiger partial charge in [-0.2, -0.15) is 0 Å². The van der Waals surface area contributed by atoms with Gasteiger partial charge < -0.3 is 19.3 Å². The van der Waals surface area contributed by atoms with Crippen LogP contribution in [0.3, 0.4) is 0 Å². The molecule has 0 spiro atoms. The Morgan fingerprint density at radius 3 is 2.72 bits per heavy atom. The Kier molecular flexibility index (Phi) is 6.67. The molecule has 2 atom stereocenters. The maximum atomic E-state index is 12.3. The smallest absolute Gasteiger partial charge is 0.335 e. The maximum Gasteiger partial charge on any atom is 0.335 e. The Bertz CT molecular complexity index is 938. The second-order valence-electron chi connectivity index (χ2n) is 6.14. The van der Waals surface area contributed by atoms with Crippen LogP contribution in [0.1, 0.15) is 23.7 Å². The second-order valence-corrected chi connectivity index (χ2v) is 6.14. The monoisotopic (exact) mass is 396 g/mol. The van der Waals surface area contributed by atoms with Crippen LogP contribution >= 0.6 is 0 Å². The minimum absolute atomic E-state index is 0.0658. The molecule has 2 aromatic carbocycles. The summed E-state index contributed by atoms with van der Waals surface area (Å²) < 4.78 is 16.4. The van der Waals surface area contributed by atoms with E-state index >= 15 is 0 Å². The molecule has 0 fully saturated rings. The molecule has 0 aromatic heterocycles. The molecule has 1 aliphatic heterocycles. The average molecular weight is 396 g/mol. The number of azide groups is 1. The van der Waals surface area contributed by atoms with Gasteiger partial charge in [-0.1, -0.05) is 29.4 Å². The number of nitrogens with zero attached hydrogens (tertiary/aromatic N) is 4. The highest BCUT2D eigenvalue weighted by molar-refractivity contribution is 5.98. The molecular formula is C20H20N4O5. The van der Waals surface area contributed by atoms with Crippen molar-refractivity contribution >= 4 is 17.6 Å². The summed E-state index contributed by atoms with van der Waals surface area (Å²) in [4.78, 5) is 19.5. The van der Waals surface area contributed by atoms with Crippen molar-refractivity contribution in [1.82, 2.24) is 0 Å². The molecule has 0 amide bonds. The zero-order valence-electron chi connectivity index (χ0n) is 15.8. The first-order valence-electron chi connectivity index (χ1n) is 8.98. The van der Waals surface area contributed by atoms with E-state index in [1.54, 1.807) is 48.5 Å². The van der Waals surface area contributed by atoms with Gasteiger partial charge in [0.15, 0.2) is 12.1 Å². The minimum Gasteiger partial charge on any atom is -0.494 e. The first-order chi connectivity index (χ1) is 14.2. The molecular weight excluding hydrogens is 376 g/mol. The fraction of sp³-hybridized carbons (Fsp3) is 0.300. The number of benzene rings is 2. The lowest BCUT2D eigenvalue weighted by Gasteiger charge is -2.18. The van der Waals surface area contributed by atoms with Gasteiger partial charge in [-0.25, -0.2) is 9.79 Å². The van der Waals surface area contributed by atoms with Crippen molar-refractivity contribution in [1.29, 1.82) is 0 Å².